The number of allylic oxidation sites excluding steroid dienone is 1. The fourth-order valence-electron chi connectivity index (χ4n) is 3.72. The second-order valence-electron chi connectivity index (χ2n) is 7.97. The summed E-state index contributed by atoms with van der Waals surface area (Å²) in [6, 6.07) is 12.3. The second-order valence-corrected chi connectivity index (χ2v) is 10.7. The van der Waals surface area contributed by atoms with Crippen molar-refractivity contribution in [2.75, 3.05) is 6.26 Å². The molecule has 0 spiro atoms. The molecule has 5 nitrogen and oxygen atoms in total. The van der Waals surface area contributed by atoms with Gasteiger partial charge < -0.3 is 4.74 Å². The fourth-order valence-corrected chi connectivity index (χ4v) is 5.63. The average Bonchev–Trinajstić information content (AvgIpc) is 3.08. The lowest BCUT2D eigenvalue weighted by atomic mass is 9.96. The van der Waals surface area contributed by atoms with E-state index in [-0.39, 0.29) is 11.7 Å². The molecule has 0 N–H and O–H groups in total. The number of nitrogens with zero attached hydrogens (tertiary/aromatic N) is 2. The lowest BCUT2D eigenvalue weighted by Gasteiger charge is -2.25. The molecule has 0 radical (unpaired) electrons. The highest BCUT2D eigenvalue weighted by Gasteiger charge is 2.33. The third kappa shape index (κ3) is 4.89. The molecule has 1 aliphatic rings. The first kappa shape index (κ1) is 24.8. The van der Waals surface area contributed by atoms with Gasteiger partial charge in [-0.3, -0.25) is 9.36 Å². The highest BCUT2D eigenvalue weighted by Crippen LogP contribution is 2.32. The van der Waals surface area contributed by atoms with Crippen molar-refractivity contribution in [1.82, 2.24) is 4.57 Å². The Morgan fingerprint density at radius 3 is 2.53 bits per heavy atom. The van der Waals surface area contributed by atoms with E-state index < -0.39 is 12.0 Å². The molecule has 0 saturated heterocycles. The van der Waals surface area contributed by atoms with Crippen LogP contribution < -0.4 is 14.9 Å². The predicted octanol–water partition coefficient (Wildman–Crippen LogP) is 5.22. The molecular formula is C25H22Cl2N2O3S2. The van der Waals surface area contributed by atoms with Crippen LogP contribution in [0.2, 0.25) is 10.0 Å². The maximum absolute atomic E-state index is 13.6. The zero-order valence-electron chi connectivity index (χ0n) is 19.0. The third-order valence-corrected chi connectivity index (χ3v) is 7.55. The van der Waals surface area contributed by atoms with Gasteiger partial charge in [-0.1, -0.05) is 52.7 Å². The average molecular weight is 534 g/mol. The van der Waals surface area contributed by atoms with Gasteiger partial charge in [-0.25, -0.2) is 9.79 Å². The van der Waals surface area contributed by atoms with Crippen LogP contribution in [0.1, 0.15) is 37.9 Å². The number of thiazole rings is 1. The Bertz CT molecular complexity index is 1470. The van der Waals surface area contributed by atoms with Crippen LogP contribution in [0.4, 0.5) is 0 Å². The Morgan fingerprint density at radius 2 is 1.91 bits per heavy atom. The van der Waals surface area contributed by atoms with Crippen molar-refractivity contribution in [3.63, 3.8) is 0 Å². The maximum Gasteiger partial charge on any atom is 0.338 e. The zero-order valence-corrected chi connectivity index (χ0v) is 22.1. The molecule has 4 rings (SSSR count). The van der Waals surface area contributed by atoms with Gasteiger partial charge in [0.05, 0.1) is 27.9 Å². The van der Waals surface area contributed by atoms with Gasteiger partial charge in [0, 0.05) is 14.9 Å². The summed E-state index contributed by atoms with van der Waals surface area (Å²) in [6.07, 6.45) is 3.42. The summed E-state index contributed by atoms with van der Waals surface area (Å²) in [5.74, 6) is -0.481. The zero-order chi connectivity index (χ0) is 24.6. The third-order valence-electron chi connectivity index (χ3n) is 5.26. The summed E-state index contributed by atoms with van der Waals surface area (Å²) in [7, 11) is 0. The monoisotopic (exact) mass is 532 g/mol. The molecule has 3 aromatic rings. The number of halogens is 2. The van der Waals surface area contributed by atoms with Gasteiger partial charge >= 0.3 is 5.97 Å². The van der Waals surface area contributed by atoms with Gasteiger partial charge in [0.15, 0.2) is 4.80 Å². The number of rotatable bonds is 5. The number of esters is 1. The van der Waals surface area contributed by atoms with Gasteiger partial charge in [0.25, 0.3) is 5.56 Å². The number of benzene rings is 2. The van der Waals surface area contributed by atoms with E-state index in [2.05, 4.69) is 4.99 Å². The van der Waals surface area contributed by atoms with Crippen LogP contribution in [-0.2, 0) is 9.53 Å². The van der Waals surface area contributed by atoms with Crippen LogP contribution in [0.25, 0.3) is 6.08 Å². The van der Waals surface area contributed by atoms with Gasteiger partial charge in [0.2, 0.25) is 0 Å². The van der Waals surface area contributed by atoms with Crippen molar-refractivity contribution in [2.24, 2.45) is 4.99 Å². The van der Waals surface area contributed by atoms with Crippen LogP contribution >= 0.6 is 46.3 Å². The Balaban J connectivity index is 1.94. The minimum atomic E-state index is -0.652. The van der Waals surface area contributed by atoms with Crippen LogP contribution in [0, 0.1) is 0 Å². The number of hydrogen-bond acceptors (Lipinski definition) is 6. The van der Waals surface area contributed by atoms with Crippen LogP contribution in [-0.4, -0.2) is 22.9 Å². The summed E-state index contributed by atoms with van der Waals surface area (Å²) in [5.41, 5.74) is 2.11. The van der Waals surface area contributed by atoms with E-state index >= 15 is 0 Å². The first-order valence-electron chi connectivity index (χ1n) is 10.5. The minimum absolute atomic E-state index is 0.254. The molecule has 1 unspecified atom stereocenters. The van der Waals surface area contributed by atoms with Crippen LogP contribution in [0.5, 0.6) is 0 Å². The molecular weight excluding hydrogens is 511 g/mol. The van der Waals surface area contributed by atoms with E-state index in [0.29, 0.717) is 36.2 Å². The molecule has 176 valence electrons. The SMILES string of the molecule is CSc1ccc(C2C(C(=O)OC(C)C)=C(C)N=c3sc(=Cc4ccc(Cl)cc4Cl)c(=O)n32)cc1. The van der Waals surface area contributed by atoms with Crippen molar-refractivity contribution >= 4 is 58.3 Å². The molecule has 1 aromatic heterocycles. The standard InChI is InChI=1S/C25H22Cl2N2O3S2/c1-13(2)32-24(31)21-14(3)28-25-29(22(21)15-6-9-18(33-4)10-7-15)23(30)20(34-25)11-16-5-8-17(26)12-19(16)27/h5-13,22H,1-4H3. The number of thioether (sulfide) groups is 1. The summed E-state index contributed by atoms with van der Waals surface area (Å²) in [6.45, 7) is 5.36. The number of hydrogen-bond donors (Lipinski definition) is 0. The Morgan fingerprint density at radius 1 is 1.21 bits per heavy atom. The van der Waals surface area contributed by atoms with E-state index in [1.165, 1.54) is 11.3 Å². The van der Waals surface area contributed by atoms with Gasteiger partial charge in [-0.2, -0.15) is 0 Å². The van der Waals surface area contributed by atoms with Crippen molar-refractivity contribution in [2.45, 2.75) is 37.8 Å². The first-order valence-corrected chi connectivity index (χ1v) is 13.3. The van der Waals surface area contributed by atoms with E-state index in [4.69, 9.17) is 27.9 Å². The molecule has 1 atom stereocenters. The number of fused-ring (bicyclic) bond motifs is 1. The van der Waals surface area contributed by atoms with Crippen LogP contribution in [0.15, 0.2) is 68.4 Å². The van der Waals surface area contributed by atoms with Gasteiger partial charge in [0.1, 0.15) is 0 Å². The van der Waals surface area contributed by atoms with E-state index in [1.54, 1.807) is 61.4 Å². The molecule has 2 aromatic carbocycles. The minimum Gasteiger partial charge on any atom is -0.459 e. The number of carbonyl (C=O) groups is 1. The quantitative estimate of drug-likeness (QED) is 0.334. The Kier molecular flexibility index (Phi) is 7.38. The van der Waals surface area contributed by atoms with Crippen molar-refractivity contribution < 1.29 is 9.53 Å². The smallest absolute Gasteiger partial charge is 0.338 e. The summed E-state index contributed by atoms with van der Waals surface area (Å²) < 4.78 is 7.56. The highest BCUT2D eigenvalue weighted by atomic mass is 35.5. The van der Waals surface area contributed by atoms with Gasteiger partial charge in [-0.15, -0.1) is 11.8 Å². The van der Waals surface area contributed by atoms with E-state index in [1.807, 2.05) is 30.5 Å². The maximum atomic E-state index is 13.6. The first-order chi connectivity index (χ1) is 16.2. The molecule has 9 heteroatoms. The molecule has 0 aliphatic carbocycles. The predicted molar refractivity (Wildman–Crippen MR) is 140 cm³/mol. The van der Waals surface area contributed by atoms with Gasteiger partial charge in [-0.05, 0) is 68.5 Å². The second kappa shape index (κ2) is 10.1. The summed E-state index contributed by atoms with van der Waals surface area (Å²) in [4.78, 5) is 33.0. The summed E-state index contributed by atoms with van der Waals surface area (Å²) in [5, 5.41) is 0.959. The molecule has 34 heavy (non-hydrogen) atoms. The fraction of sp³-hybridized carbons (Fsp3) is 0.240. The van der Waals surface area contributed by atoms with E-state index in [0.717, 1.165) is 10.5 Å². The van der Waals surface area contributed by atoms with Crippen molar-refractivity contribution in [3.8, 4) is 0 Å². The Labute approximate surface area is 215 Å². The lowest BCUT2D eigenvalue weighted by molar-refractivity contribution is -0.143. The molecule has 1 aliphatic heterocycles. The topological polar surface area (TPSA) is 60.7 Å². The molecule has 0 fully saturated rings. The van der Waals surface area contributed by atoms with Crippen LogP contribution in [0.3, 0.4) is 0 Å². The molecule has 2 heterocycles. The summed E-state index contributed by atoms with van der Waals surface area (Å²) >= 11 is 15.2. The van der Waals surface area contributed by atoms with Crippen molar-refractivity contribution in [1.29, 1.82) is 0 Å². The van der Waals surface area contributed by atoms with E-state index in [9.17, 15) is 9.59 Å². The highest BCUT2D eigenvalue weighted by molar-refractivity contribution is 7.98. The molecule has 0 bridgehead atoms. The molecule has 0 amide bonds. The lowest BCUT2D eigenvalue weighted by Crippen LogP contribution is -2.40. The normalized spacial score (nSPS) is 16.0. The van der Waals surface area contributed by atoms with Crippen molar-refractivity contribution in [3.05, 3.63) is 94.6 Å². The number of carbonyl (C=O) groups excluding carboxylic acids is 1. The number of ether oxygens (including phenoxy) is 1. The number of aromatic nitrogens is 1. The molecule has 0 saturated carbocycles. The largest absolute Gasteiger partial charge is 0.459 e. The Hall–Kier alpha value is -2.32.